The summed E-state index contributed by atoms with van der Waals surface area (Å²) in [5.41, 5.74) is 2.73. The number of likely N-dealkylation sites (N-methyl/N-ethyl adjacent to an activating group) is 1. The molecule has 1 aromatic rings. The van der Waals surface area contributed by atoms with Crippen LogP contribution in [0.3, 0.4) is 0 Å². The van der Waals surface area contributed by atoms with Gasteiger partial charge >= 0.3 is 0 Å². The summed E-state index contributed by atoms with van der Waals surface area (Å²) in [6.07, 6.45) is 2.46. The first kappa shape index (κ1) is 13.7. The third-order valence-corrected chi connectivity index (χ3v) is 4.22. The zero-order chi connectivity index (χ0) is 13.9. The van der Waals surface area contributed by atoms with Crippen LogP contribution < -0.4 is 15.1 Å². The Hall–Kier alpha value is -1.26. The lowest BCUT2D eigenvalue weighted by Crippen LogP contribution is -2.42. The van der Waals surface area contributed by atoms with Gasteiger partial charge in [0.15, 0.2) is 0 Å². The van der Waals surface area contributed by atoms with Crippen molar-refractivity contribution >= 4 is 11.4 Å². The Labute approximate surface area is 122 Å². The lowest BCUT2D eigenvalue weighted by molar-refractivity contribution is 0.413. The highest BCUT2D eigenvalue weighted by molar-refractivity contribution is 5.79. The standard InChI is InChI=1S/C16H25N4/c1-18(2)11-12-19-13-20(14-7-9-17-10-8-14)16-6-4-3-5-15(16)19/h3-6,13-14,17H,7-12H2,1-2H3. The monoisotopic (exact) mass is 273 g/mol. The van der Waals surface area contributed by atoms with E-state index in [0.717, 1.165) is 26.2 Å². The van der Waals surface area contributed by atoms with Gasteiger partial charge in [0.25, 0.3) is 0 Å². The maximum atomic E-state index is 3.45. The molecule has 0 atom stereocenters. The second-order valence-electron chi connectivity index (χ2n) is 5.99. The number of piperidine rings is 1. The average molecular weight is 273 g/mol. The largest absolute Gasteiger partial charge is 0.345 e. The van der Waals surface area contributed by atoms with Crippen LogP contribution in [0.2, 0.25) is 0 Å². The Morgan fingerprint density at radius 1 is 1.15 bits per heavy atom. The van der Waals surface area contributed by atoms with E-state index in [4.69, 9.17) is 0 Å². The van der Waals surface area contributed by atoms with Gasteiger partial charge in [-0.3, -0.25) is 0 Å². The summed E-state index contributed by atoms with van der Waals surface area (Å²) in [6, 6.07) is 9.42. The molecule has 1 radical (unpaired) electrons. The highest BCUT2D eigenvalue weighted by Gasteiger charge is 2.31. The molecule has 0 aliphatic carbocycles. The first-order valence-electron chi connectivity index (χ1n) is 7.60. The maximum absolute atomic E-state index is 3.45. The Kier molecular flexibility index (Phi) is 4.13. The van der Waals surface area contributed by atoms with Crippen LogP contribution in [-0.2, 0) is 0 Å². The Morgan fingerprint density at radius 3 is 2.55 bits per heavy atom. The molecule has 0 amide bonds. The molecule has 109 valence electrons. The number of anilines is 2. The quantitative estimate of drug-likeness (QED) is 0.902. The van der Waals surface area contributed by atoms with Crippen molar-refractivity contribution in [3.05, 3.63) is 30.9 Å². The van der Waals surface area contributed by atoms with E-state index < -0.39 is 0 Å². The summed E-state index contributed by atoms with van der Waals surface area (Å²) in [6.45, 7) is 6.71. The predicted octanol–water partition coefficient (Wildman–Crippen LogP) is 1.75. The zero-order valence-electron chi connectivity index (χ0n) is 12.5. The van der Waals surface area contributed by atoms with Crippen molar-refractivity contribution < 1.29 is 0 Å². The van der Waals surface area contributed by atoms with Crippen LogP contribution >= 0.6 is 0 Å². The Balaban J connectivity index is 1.76. The third-order valence-electron chi connectivity index (χ3n) is 4.22. The van der Waals surface area contributed by atoms with Crippen molar-refractivity contribution in [2.24, 2.45) is 0 Å². The topological polar surface area (TPSA) is 21.8 Å². The number of hydrogen-bond donors (Lipinski definition) is 1. The van der Waals surface area contributed by atoms with Crippen molar-refractivity contribution in [3.63, 3.8) is 0 Å². The summed E-state index contributed by atoms with van der Waals surface area (Å²) in [4.78, 5) is 7.13. The first-order chi connectivity index (χ1) is 9.75. The number of rotatable bonds is 4. The fourth-order valence-electron chi connectivity index (χ4n) is 3.06. The fraction of sp³-hybridized carbons (Fsp3) is 0.562. The number of hydrogen-bond acceptors (Lipinski definition) is 4. The van der Waals surface area contributed by atoms with Crippen molar-refractivity contribution in [2.75, 3.05) is 50.1 Å². The van der Waals surface area contributed by atoms with Gasteiger partial charge < -0.3 is 20.0 Å². The lowest BCUT2D eigenvalue weighted by atomic mass is 10.0. The minimum Gasteiger partial charge on any atom is -0.345 e. The molecule has 0 saturated carbocycles. The van der Waals surface area contributed by atoms with Gasteiger partial charge in [0.2, 0.25) is 0 Å². The van der Waals surface area contributed by atoms with Gasteiger partial charge in [-0.2, -0.15) is 0 Å². The van der Waals surface area contributed by atoms with Gasteiger partial charge in [-0.1, -0.05) is 12.1 Å². The number of nitrogens with zero attached hydrogens (tertiary/aromatic N) is 3. The average Bonchev–Trinajstić information content (AvgIpc) is 2.85. The van der Waals surface area contributed by atoms with Gasteiger partial charge in [0.1, 0.15) is 6.67 Å². The van der Waals surface area contributed by atoms with Crippen molar-refractivity contribution in [3.8, 4) is 0 Å². The van der Waals surface area contributed by atoms with E-state index in [9.17, 15) is 0 Å². The number of para-hydroxylation sites is 2. The normalized spacial score (nSPS) is 19.8. The van der Waals surface area contributed by atoms with E-state index in [1.54, 1.807) is 0 Å². The molecule has 1 fully saturated rings. The van der Waals surface area contributed by atoms with Gasteiger partial charge in [-0.05, 0) is 52.2 Å². The first-order valence-corrected chi connectivity index (χ1v) is 7.60. The van der Waals surface area contributed by atoms with Crippen LogP contribution in [0.1, 0.15) is 12.8 Å². The molecule has 1 N–H and O–H groups in total. The maximum Gasteiger partial charge on any atom is 0.142 e. The third kappa shape index (κ3) is 2.76. The molecule has 3 rings (SSSR count). The molecule has 0 aromatic heterocycles. The molecule has 0 bridgehead atoms. The molecule has 2 heterocycles. The van der Waals surface area contributed by atoms with E-state index >= 15 is 0 Å². The second-order valence-corrected chi connectivity index (χ2v) is 5.99. The zero-order valence-corrected chi connectivity index (χ0v) is 12.5. The number of nitrogens with one attached hydrogen (secondary N) is 1. The van der Waals surface area contributed by atoms with Crippen LogP contribution in [0, 0.1) is 6.67 Å². The summed E-state index contributed by atoms with van der Waals surface area (Å²) in [7, 11) is 4.26. The van der Waals surface area contributed by atoms with Crippen LogP contribution in [0.4, 0.5) is 11.4 Å². The van der Waals surface area contributed by atoms with Gasteiger partial charge in [0, 0.05) is 19.1 Å². The molecule has 4 nitrogen and oxygen atoms in total. The summed E-state index contributed by atoms with van der Waals surface area (Å²) in [5, 5.41) is 3.45. The lowest BCUT2D eigenvalue weighted by Gasteiger charge is -2.33. The fourth-order valence-corrected chi connectivity index (χ4v) is 3.06. The molecule has 0 spiro atoms. The van der Waals surface area contributed by atoms with Crippen LogP contribution in [0.5, 0.6) is 0 Å². The minimum absolute atomic E-state index is 0.641. The van der Waals surface area contributed by atoms with E-state index in [-0.39, 0.29) is 0 Å². The molecule has 1 saturated heterocycles. The van der Waals surface area contributed by atoms with E-state index in [2.05, 4.69) is 65.0 Å². The second kappa shape index (κ2) is 6.02. The predicted molar refractivity (Wildman–Crippen MR) is 85.0 cm³/mol. The molecular formula is C16H25N4. The molecule has 2 aliphatic heterocycles. The van der Waals surface area contributed by atoms with E-state index in [1.165, 1.54) is 24.2 Å². The summed E-state index contributed by atoms with van der Waals surface area (Å²) >= 11 is 0. The SMILES string of the molecule is CN(C)CCN1[CH]N(C2CCNCC2)c2ccccc21. The van der Waals surface area contributed by atoms with Gasteiger partial charge in [-0.25, -0.2) is 0 Å². The van der Waals surface area contributed by atoms with E-state index in [0.29, 0.717) is 6.04 Å². The minimum atomic E-state index is 0.641. The highest BCUT2D eigenvalue weighted by Crippen LogP contribution is 2.40. The molecule has 0 unspecified atom stereocenters. The summed E-state index contributed by atoms with van der Waals surface area (Å²) < 4.78 is 0. The molecule has 4 heteroatoms. The van der Waals surface area contributed by atoms with Crippen LogP contribution in [0.15, 0.2) is 24.3 Å². The van der Waals surface area contributed by atoms with Gasteiger partial charge in [0.05, 0.1) is 11.4 Å². The number of fused-ring (bicyclic) bond motifs is 1. The smallest absolute Gasteiger partial charge is 0.142 e. The molecular weight excluding hydrogens is 248 g/mol. The van der Waals surface area contributed by atoms with Crippen molar-refractivity contribution in [1.82, 2.24) is 10.2 Å². The number of benzene rings is 1. The van der Waals surface area contributed by atoms with Crippen LogP contribution in [0.25, 0.3) is 0 Å². The molecule has 2 aliphatic rings. The summed E-state index contributed by atoms with van der Waals surface area (Å²) in [5.74, 6) is 0. The van der Waals surface area contributed by atoms with Crippen LogP contribution in [-0.4, -0.2) is 51.2 Å². The van der Waals surface area contributed by atoms with Gasteiger partial charge in [-0.15, -0.1) is 0 Å². The molecule has 20 heavy (non-hydrogen) atoms. The van der Waals surface area contributed by atoms with Crippen molar-refractivity contribution in [2.45, 2.75) is 18.9 Å². The van der Waals surface area contributed by atoms with Crippen molar-refractivity contribution in [1.29, 1.82) is 0 Å². The molecule has 1 aromatic carbocycles. The van der Waals surface area contributed by atoms with E-state index in [1.807, 2.05) is 0 Å². The Morgan fingerprint density at radius 2 is 1.85 bits per heavy atom. The highest BCUT2D eigenvalue weighted by atomic mass is 15.4. The Bertz CT molecular complexity index is 440.